The van der Waals surface area contributed by atoms with Gasteiger partial charge in [0.15, 0.2) is 0 Å². The number of hydrogen-bond donors (Lipinski definition) is 2. The molecule has 178 valence electrons. The van der Waals surface area contributed by atoms with E-state index < -0.39 is 15.9 Å². The SMILES string of the molecule is CC1CCCN(S(=O)(=O)c2cc(C(=O)NCc3ccc(NC(=O)C(C)C)cc3)ccc2Cl)C1. The van der Waals surface area contributed by atoms with E-state index in [0.717, 1.165) is 18.4 Å². The number of amides is 2. The molecule has 33 heavy (non-hydrogen) atoms. The summed E-state index contributed by atoms with van der Waals surface area (Å²) in [7, 11) is -3.78. The maximum atomic E-state index is 13.1. The van der Waals surface area contributed by atoms with Gasteiger partial charge in [0, 0.05) is 36.8 Å². The van der Waals surface area contributed by atoms with Crippen molar-refractivity contribution in [1.29, 1.82) is 0 Å². The highest BCUT2D eigenvalue weighted by Crippen LogP contribution is 2.29. The van der Waals surface area contributed by atoms with Gasteiger partial charge < -0.3 is 10.6 Å². The number of anilines is 1. The Morgan fingerprint density at radius 3 is 2.48 bits per heavy atom. The number of carbonyl (C=O) groups excluding carboxylic acids is 2. The lowest BCUT2D eigenvalue weighted by Crippen LogP contribution is -2.39. The first-order chi connectivity index (χ1) is 15.6. The normalized spacial score (nSPS) is 17.1. The molecule has 2 N–H and O–H groups in total. The molecule has 2 amide bonds. The molecule has 0 spiro atoms. The predicted molar refractivity (Wildman–Crippen MR) is 130 cm³/mol. The van der Waals surface area contributed by atoms with Crippen LogP contribution in [0.5, 0.6) is 0 Å². The van der Waals surface area contributed by atoms with Gasteiger partial charge in [0.2, 0.25) is 15.9 Å². The summed E-state index contributed by atoms with van der Waals surface area (Å²) < 4.78 is 27.7. The van der Waals surface area contributed by atoms with Gasteiger partial charge in [-0.25, -0.2) is 8.42 Å². The van der Waals surface area contributed by atoms with Gasteiger partial charge in [-0.15, -0.1) is 0 Å². The fourth-order valence-electron chi connectivity index (χ4n) is 3.62. The second kappa shape index (κ2) is 10.7. The zero-order valence-electron chi connectivity index (χ0n) is 19.1. The molecule has 1 saturated heterocycles. The molecule has 1 heterocycles. The van der Waals surface area contributed by atoms with Crippen LogP contribution in [0.15, 0.2) is 47.4 Å². The number of sulfonamides is 1. The Kier molecular flexibility index (Phi) is 8.15. The third kappa shape index (κ3) is 6.34. The van der Waals surface area contributed by atoms with E-state index in [4.69, 9.17) is 11.6 Å². The molecule has 0 aliphatic carbocycles. The van der Waals surface area contributed by atoms with Gasteiger partial charge in [0.25, 0.3) is 5.91 Å². The van der Waals surface area contributed by atoms with Crippen LogP contribution in [0.4, 0.5) is 5.69 Å². The van der Waals surface area contributed by atoms with E-state index in [1.807, 2.05) is 32.9 Å². The molecular formula is C24H30ClN3O4S. The van der Waals surface area contributed by atoms with Crippen molar-refractivity contribution >= 4 is 39.1 Å². The first-order valence-corrected chi connectivity index (χ1v) is 12.9. The van der Waals surface area contributed by atoms with Crippen molar-refractivity contribution < 1.29 is 18.0 Å². The lowest BCUT2D eigenvalue weighted by Gasteiger charge is -2.30. The van der Waals surface area contributed by atoms with Crippen LogP contribution in [0.25, 0.3) is 0 Å². The summed E-state index contributed by atoms with van der Waals surface area (Å²) in [5.41, 5.74) is 1.75. The fourth-order valence-corrected chi connectivity index (χ4v) is 5.72. The third-order valence-corrected chi connectivity index (χ3v) is 7.98. The molecule has 1 fully saturated rings. The highest BCUT2D eigenvalue weighted by molar-refractivity contribution is 7.89. The highest BCUT2D eigenvalue weighted by Gasteiger charge is 2.30. The molecule has 3 rings (SSSR count). The Morgan fingerprint density at radius 1 is 1.15 bits per heavy atom. The van der Waals surface area contributed by atoms with Gasteiger partial charge in [-0.3, -0.25) is 9.59 Å². The molecule has 0 aromatic heterocycles. The van der Waals surface area contributed by atoms with Crippen LogP contribution in [0.2, 0.25) is 5.02 Å². The third-order valence-electron chi connectivity index (χ3n) is 5.63. The fraction of sp³-hybridized carbons (Fsp3) is 0.417. The number of halogens is 1. The second-order valence-electron chi connectivity index (χ2n) is 8.78. The standard InChI is InChI=1S/C24H30ClN3O4S/c1-16(2)23(29)27-20-9-6-18(7-10-20)14-26-24(30)19-8-11-21(25)22(13-19)33(31,32)28-12-4-5-17(3)15-28/h6-11,13,16-17H,4-5,12,14-15H2,1-3H3,(H,26,30)(H,27,29). The van der Waals surface area contributed by atoms with E-state index in [9.17, 15) is 18.0 Å². The first-order valence-electron chi connectivity index (χ1n) is 11.1. The van der Waals surface area contributed by atoms with Crippen molar-refractivity contribution in [3.05, 3.63) is 58.6 Å². The van der Waals surface area contributed by atoms with Gasteiger partial charge in [0.1, 0.15) is 4.90 Å². The molecule has 0 saturated carbocycles. The molecule has 1 atom stereocenters. The van der Waals surface area contributed by atoms with Crippen molar-refractivity contribution in [2.24, 2.45) is 11.8 Å². The number of benzene rings is 2. The van der Waals surface area contributed by atoms with E-state index >= 15 is 0 Å². The Morgan fingerprint density at radius 2 is 1.85 bits per heavy atom. The Balaban J connectivity index is 1.68. The van der Waals surface area contributed by atoms with Crippen LogP contribution >= 0.6 is 11.6 Å². The van der Waals surface area contributed by atoms with Crippen LogP contribution in [0.1, 0.15) is 49.5 Å². The maximum Gasteiger partial charge on any atom is 0.251 e. The zero-order chi connectivity index (χ0) is 24.2. The Bertz CT molecular complexity index is 1120. The van der Waals surface area contributed by atoms with Crippen LogP contribution in [-0.4, -0.2) is 37.6 Å². The number of carbonyl (C=O) groups is 2. The first kappa shape index (κ1) is 25.2. The summed E-state index contributed by atoms with van der Waals surface area (Å²) in [5, 5.41) is 5.72. The minimum Gasteiger partial charge on any atom is -0.348 e. The summed E-state index contributed by atoms with van der Waals surface area (Å²) in [4.78, 5) is 24.4. The molecule has 9 heteroatoms. The van der Waals surface area contributed by atoms with Gasteiger partial charge in [-0.05, 0) is 54.7 Å². The topological polar surface area (TPSA) is 95.6 Å². The summed E-state index contributed by atoms with van der Waals surface area (Å²) in [6.07, 6.45) is 1.80. The number of rotatable bonds is 7. The van der Waals surface area contributed by atoms with Gasteiger partial charge >= 0.3 is 0 Å². The van der Waals surface area contributed by atoms with E-state index in [2.05, 4.69) is 10.6 Å². The summed E-state index contributed by atoms with van der Waals surface area (Å²) in [6.45, 7) is 6.82. The molecule has 1 unspecified atom stereocenters. The van der Waals surface area contributed by atoms with Crippen molar-refractivity contribution in [3.63, 3.8) is 0 Å². The van der Waals surface area contributed by atoms with Gasteiger partial charge in [-0.2, -0.15) is 4.31 Å². The summed E-state index contributed by atoms with van der Waals surface area (Å²) >= 11 is 6.22. The largest absolute Gasteiger partial charge is 0.348 e. The molecule has 0 radical (unpaired) electrons. The summed E-state index contributed by atoms with van der Waals surface area (Å²) in [5.74, 6) is -0.296. The van der Waals surface area contributed by atoms with Crippen LogP contribution < -0.4 is 10.6 Å². The van der Waals surface area contributed by atoms with E-state index in [1.165, 1.54) is 22.5 Å². The van der Waals surface area contributed by atoms with Gasteiger partial charge in [0.05, 0.1) is 5.02 Å². The predicted octanol–water partition coefficient (Wildman–Crippen LogP) is 4.29. The lowest BCUT2D eigenvalue weighted by atomic mass is 10.0. The summed E-state index contributed by atoms with van der Waals surface area (Å²) in [6, 6.07) is 11.5. The van der Waals surface area contributed by atoms with Crippen molar-refractivity contribution in [2.45, 2.75) is 45.1 Å². The zero-order valence-corrected chi connectivity index (χ0v) is 20.7. The van der Waals surface area contributed by atoms with E-state index in [-0.39, 0.29) is 39.8 Å². The number of hydrogen-bond acceptors (Lipinski definition) is 4. The number of nitrogens with one attached hydrogen (secondary N) is 2. The smallest absolute Gasteiger partial charge is 0.251 e. The molecule has 1 aliphatic heterocycles. The number of nitrogens with zero attached hydrogens (tertiary/aromatic N) is 1. The average Bonchev–Trinajstić information content (AvgIpc) is 2.78. The highest BCUT2D eigenvalue weighted by atomic mass is 35.5. The minimum atomic E-state index is -3.78. The van der Waals surface area contributed by atoms with Gasteiger partial charge in [-0.1, -0.05) is 44.5 Å². The average molecular weight is 492 g/mol. The van der Waals surface area contributed by atoms with Crippen LogP contribution in [0.3, 0.4) is 0 Å². The van der Waals surface area contributed by atoms with Crippen molar-refractivity contribution in [1.82, 2.24) is 9.62 Å². The lowest BCUT2D eigenvalue weighted by molar-refractivity contribution is -0.118. The van der Waals surface area contributed by atoms with Crippen molar-refractivity contribution in [3.8, 4) is 0 Å². The molecular weight excluding hydrogens is 462 g/mol. The molecule has 2 aromatic carbocycles. The Labute approximate surface area is 200 Å². The van der Waals surface area contributed by atoms with E-state index in [1.54, 1.807) is 12.1 Å². The second-order valence-corrected chi connectivity index (χ2v) is 11.1. The van der Waals surface area contributed by atoms with Crippen molar-refractivity contribution in [2.75, 3.05) is 18.4 Å². The quantitative estimate of drug-likeness (QED) is 0.604. The molecule has 0 bridgehead atoms. The van der Waals surface area contributed by atoms with E-state index in [0.29, 0.717) is 18.8 Å². The number of piperidine rings is 1. The molecule has 1 aliphatic rings. The molecule has 2 aromatic rings. The Hall–Kier alpha value is -2.42. The minimum absolute atomic E-state index is 0.0452. The molecule has 7 nitrogen and oxygen atoms in total. The maximum absolute atomic E-state index is 13.1. The van der Waals surface area contributed by atoms with Crippen LogP contribution in [-0.2, 0) is 21.4 Å². The van der Waals surface area contributed by atoms with Crippen LogP contribution in [0, 0.1) is 11.8 Å². The monoisotopic (exact) mass is 491 g/mol.